The van der Waals surface area contributed by atoms with Crippen molar-refractivity contribution in [3.8, 4) is 0 Å². The van der Waals surface area contributed by atoms with Crippen molar-refractivity contribution in [3.05, 3.63) is 18.2 Å². The molecular formula is C19H25N5O2S. The van der Waals surface area contributed by atoms with E-state index in [4.69, 9.17) is 9.72 Å². The van der Waals surface area contributed by atoms with Crippen LogP contribution in [0.25, 0.3) is 10.2 Å². The number of likely N-dealkylation sites (N-methyl/N-ethyl adjacent to an activating group) is 1. The summed E-state index contributed by atoms with van der Waals surface area (Å²) in [5.74, 6) is 0.626. The van der Waals surface area contributed by atoms with Crippen molar-refractivity contribution in [2.75, 3.05) is 63.2 Å². The fourth-order valence-corrected chi connectivity index (χ4v) is 5.48. The molecule has 3 aliphatic heterocycles. The van der Waals surface area contributed by atoms with E-state index in [9.17, 15) is 4.79 Å². The lowest BCUT2D eigenvalue weighted by Gasteiger charge is -2.25. The number of nitrogens with one attached hydrogen (secondary N) is 1. The van der Waals surface area contributed by atoms with Crippen LogP contribution in [0.4, 0.5) is 15.6 Å². The second-order valence-electron chi connectivity index (χ2n) is 7.71. The maximum Gasteiger partial charge on any atom is 0.321 e. The maximum absolute atomic E-state index is 12.7. The minimum atomic E-state index is 0.00932. The van der Waals surface area contributed by atoms with Crippen LogP contribution < -0.4 is 10.2 Å². The molecule has 0 saturated carbocycles. The number of thiazole rings is 1. The van der Waals surface area contributed by atoms with Gasteiger partial charge in [0, 0.05) is 37.9 Å². The zero-order chi connectivity index (χ0) is 18.4. The number of benzene rings is 1. The van der Waals surface area contributed by atoms with Crippen molar-refractivity contribution in [2.45, 2.75) is 12.5 Å². The van der Waals surface area contributed by atoms with Crippen molar-refractivity contribution in [3.63, 3.8) is 0 Å². The van der Waals surface area contributed by atoms with Crippen LogP contribution in [0.15, 0.2) is 18.2 Å². The number of morpholine rings is 1. The van der Waals surface area contributed by atoms with Gasteiger partial charge in [-0.2, -0.15) is 0 Å². The molecule has 0 spiro atoms. The molecule has 3 fully saturated rings. The van der Waals surface area contributed by atoms with Crippen LogP contribution in [0.3, 0.4) is 0 Å². The Bertz CT molecular complexity index is 850. The van der Waals surface area contributed by atoms with Crippen molar-refractivity contribution in [1.82, 2.24) is 14.8 Å². The number of urea groups is 1. The quantitative estimate of drug-likeness (QED) is 0.857. The van der Waals surface area contributed by atoms with E-state index in [0.717, 1.165) is 67.0 Å². The van der Waals surface area contributed by atoms with Crippen LogP contribution in [0, 0.1) is 5.92 Å². The molecule has 1 aromatic heterocycles. The molecule has 8 heteroatoms. The number of hydrogen-bond acceptors (Lipinski definition) is 6. The smallest absolute Gasteiger partial charge is 0.321 e. The zero-order valence-electron chi connectivity index (χ0n) is 15.6. The van der Waals surface area contributed by atoms with Crippen LogP contribution in [0.2, 0.25) is 0 Å². The summed E-state index contributed by atoms with van der Waals surface area (Å²) in [5.41, 5.74) is 1.83. The van der Waals surface area contributed by atoms with E-state index >= 15 is 0 Å². The number of amides is 2. The molecule has 7 nitrogen and oxygen atoms in total. The van der Waals surface area contributed by atoms with E-state index in [2.05, 4.69) is 22.2 Å². The predicted octanol–water partition coefficient (Wildman–Crippen LogP) is 2.30. The summed E-state index contributed by atoms with van der Waals surface area (Å²) in [6.45, 7) is 6.12. The summed E-state index contributed by atoms with van der Waals surface area (Å²) in [6, 6.07) is 6.52. The standard InChI is InChI=1S/C19H25N5O2S/c1-22-5-4-13-11-24(12-16(13)22)18(25)20-14-2-3-15-17(10-14)27-19(21-15)23-6-8-26-9-7-23/h2-3,10,13,16H,4-9,11-12H2,1H3,(H,20,25)/t13-,16+/m1/s1. The molecule has 2 atom stereocenters. The Balaban J connectivity index is 1.28. The van der Waals surface area contributed by atoms with Gasteiger partial charge in [0.2, 0.25) is 0 Å². The molecule has 0 bridgehead atoms. The minimum absolute atomic E-state index is 0.00932. The van der Waals surface area contributed by atoms with Crippen LogP contribution in [0.5, 0.6) is 0 Å². The van der Waals surface area contributed by atoms with Crippen LogP contribution in [0.1, 0.15) is 6.42 Å². The number of nitrogens with zero attached hydrogens (tertiary/aromatic N) is 4. The summed E-state index contributed by atoms with van der Waals surface area (Å²) in [5, 5.41) is 4.12. The molecule has 4 heterocycles. The summed E-state index contributed by atoms with van der Waals surface area (Å²) >= 11 is 1.68. The number of likely N-dealkylation sites (tertiary alicyclic amines) is 2. The van der Waals surface area contributed by atoms with E-state index in [-0.39, 0.29) is 6.03 Å². The second-order valence-corrected chi connectivity index (χ2v) is 8.72. The molecule has 0 aliphatic carbocycles. The number of aromatic nitrogens is 1. The van der Waals surface area contributed by atoms with Gasteiger partial charge in [-0.15, -0.1) is 0 Å². The van der Waals surface area contributed by atoms with Crippen LogP contribution in [-0.4, -0.2) is 79.8 Å². The molecule has 144 valence electrons. The summed E-state index contributed by atoms with van der Waals surface area (Å²) in [7, 11) is 2.16. The number of ether oxygens (including phenoxy) is 1. The van der Waals surface area contributed by atoms with E-state index < -0.39 is 0 Å². The molecule has 1 aromatic carbocycles. The molecule has 5 rings (SSSR count). The lowest BCUT2D eigenvalue weighted by molar-refractivity contribution is 0.122. The maximum atomic E-state index is 12.7. The van der Waals surface area contributed by atoms with Crippen LogP contribution in [-0.2, 0) is 4.74 Å². The average Bonchev–Trinajstić information content (AvgIpc) is 3.38. The van der Waals surface area contributed by atoms with E-state index in [1.807, 2.05) is 23.1 Å². The molecule has 3 saturated heterocycles. The topological polar surface area (TPSA) is 60.9 Å². The van der Waals surface area contributed by atoms with E-state index in [1.165, 1.54) is 6.42 Å². The molecule has 0 unspecified atom stereocenters. The Kier molecular flexibility index (Phi) is 4.41. The van der Waals surface area contributed by atoms with Gasteiger partial charge in [0.15, 0.2) is 5.13 Å². The Labute approximate surface area is 162 Å². The fourth-order valence-electron chi connectivity index (χ4n) is 4.42. The molecule has 27 heavy (non-hydrogen) atoms. The Morgan fingerprint density at radius 1 is 1.26 bits per heavy atom. The Morgan fingerprint density at radius 2 is 2.11 bits per heavy atom. The van der Waals surface area contributed by atoms with Gasteiger partial charge in [-0.25, -0.2) is 9.78 Å². The summed E-state index contributed by atoms with van der Waals surface area (Å²) < 4.78 is 6.52. The van der Waals surface area contributed by atoms with E-state index in [1.54, 1.807) is 11.3 Å². The van der Waals surface area contributed by atoms with Gasteiger partial charge in [-0.05, 0) is 44.1 Å². The van der Waals surface area contributed by atoms with Crippen molar-refractivity contribution in [1.29, 1.82) is 0 Å². The van der Waals surface area contributed by atoms with Gasteiger partial charge in [0.05, 0.1) is 23.4 Å². The molecular weight excluding hydrogens is 362 g/mol. The highest BCUT2D eigenvalue weighted by Gasteiger charge is 2.41. The second kappa shape index (κ2) is 6.92. The highest BCUT2D eigenvalue weighted by atomic mass is 32.1. The Hall–Kier alpha value is -1.90. The number of fused-ring (bicyclic) bond motifs is 2. The van der Waals surface area contributed by atoms with E-state index in [0.29, 0.717) is 12.0 Å². The first-order chi connectivity index (χ1) is 13.2. The average molecular weight is 388 g/mol. The first-order valence-electron chi connectivity index (χ1n) is 9.67. The van der Waals surface area contributed by atoms with Gasteiger partial charge in [-0.3, -0.25) is 0 Å². The van der Waals surface area contributed by atoms with Gasteiger partial charge in [0.25, 0.3) is 0 Å². The third kappa shape index (κ3) is 3.26. The van der Waals surface area contributed by atoms with Gasteiger partial charge < -0.3 is 24.8 Å². The van der Waals surface area contributed by atoms with Gasteiger partial charge in [-0.1, -0.05) is 11.3 Å². The predicted molar refractivity (Wildman–Crippen MR) is 108 cm³/mol. The van der Waals surface area contributed by atoms with Crippen LogP contribution >= 0.6 is 11.3 Å². The third-order valence-electron chi connectivity index (χ3n) is 6.02. The SMILES string of the molecule is CN1CC[C@@H]2CN(C(=O)Nc3ccc4nc(N5CCOCC5)sc4c3)C[C@@H]21. The van der Waals surface area contributed by atoms with Crippen molar-refractivity contribution >= 4 is 38.4 Å². The first-order valence-corrected chi connectivity index (χ1v) is 10.5. The first kappa shape index (κ1) is 17.2. The number of rotatable bonds is 2. The minimum Gasteiger partial charge on any atom is -0.378 e. The largest absolute Gasteiger partial charge is 0.378 e. The van der Waals surface area contributed by atoms with Crippen molar-refractivity contribution in [2.24, 2.45) is 5.92 Å². The molecule has 3 aliphatic rings. The lowest BCUT2D eigenvalue weighted by Crippen LogP contribution is -2.37. The number of anilines is 2. The Morgan fingerprint density at radius 3 is 2.93 bits per heavy atom. The van der Waals surface area contributed by atoms with Gasteiger partial charge in [0.1, 0.15) is 0 Å². The number of carbonyl (C=O) groups excluding carboxylic acids is 1. The third-order valence-corrected chi connectivity index (χ3v) is 7.10. The fraction of sp³-hybridized carbons (Fsp3) is 0.579. The number of hydrogen-bond donors (Lipinski definition) is 1. The molecule has 2 aromatic rings. The van der Waals surface area contributed by atoms with Crippen molar-refractivity contribution < 1.29 is 9.53 Å². The molecule has 1 N–H and O–H groups in total. The zero-order valence-corrected chi connectivity index (χ0v) is 16.4. The summed E-state index contributed by atoms with van der Waals surface area (Å²) in [4.78, 5) is 24.1. The molecule has 2 amide bonds. The number of carbonyl (C=O) groups is 1. The molecule has 0 radical (unpaired) electrons. The lowest BCUT2D eigenvalue weighted by atomic mass is 10.1. The summed E-state index contributed by atoms with van der Waals surface area (Å²) in [6.07, 6.45) is 1.20. The monoisotopic (exact) mass is 387 g/mol. The highest BCUT2D eigenvalue weighted by molar-refractivity contribution is 7.22. The normalized spacial score (nSPS) is 26.0. The van der Waals surface area contributed by atoms with Gasteiger partial charge >= 0.3 is 6.03 Å². The highest BCUT2D eigenvalue weighted by Crippen LogP contribution is 2.32.